The molecule has 0 unspecified atom stereocenters. The van der Waals surface area contributed by atoms with Gasteiger partial charge in [0.05, 0.1) is 15.4 Å². The lowest BCUT2D eigenvalue weighted by atomic mass is 10.0. The molecule has 0 radical (unpaired) electrons. The van der Waals surface area contributed by atoms with Crippen molar-refractivity contribution in [1.29, 1.82) is 0 Å². The van der Waals surface area contributed by atoms with Crippen LogP contribution in [-0.2, 0) is 14.8 Å². The van der Waals surface area contributed by atoms with Crippen LogP contribution in [0.4, 0.5) is 5.69 Å². The third-order valence-corrected chi connectivity index (χ3v) is 9.29. The van der Waals surface area contributed by atoms with Crippen molar-refractivity contribution in [3.63, 3.8) is 0 Å². The van der Waals surface area contributed by atoms with Gasteiger partial charge in [-0.05, 0) is 61.4 Å². The number of aromatic amines is 1. The Labute approximate surface area is 200 Å². The number of halogens is 1. The number of carbonyl (C=O) groups excluding carboxylic acids is 1. The highest BCUT2D eigenvalue weighted by molar-refractivity contribution is 7.91. The molecule has 2 aromatic heterocycles. The highest BCUT2D eigenvalue weighted by atomic mass is 35.5. The summed E-state index contributed by atoms with van der Waals surface area (Å²) in [6.07, 6.45) is 1.98. The summed E-state index contributed by atoms with van der Waals surface area (Å²) in [6, 6.07) is 17.4. The molecule has 0 aliphatic carbocycles. The van der Waals surface area contributed by atoms with Gasteiger partial charge in [-0.25, -0.2) is 13.4 Å². The van der Waals surface area contributed by atoms with Gasteiger partial charge in [0.25, 0.3) is 10.0 Å². The molecule has 7 nitrogen and oxygen atoms in total. The van der Waals surface area contributed by atoms with Crippen LogP contribution in [0.15, 0.2) is 64.9 Å². The molecule has 3 heterocycles. The molecule has 1 fully saturated rings. The van der Waals surface area contributed by atoms with E-state index in [1.807, 2.05) is 36.4 Å². The predicted molar refractivity (Wildman–Crippen MR) is 131 cm³/mol. The van der Waals surface area contributed by atoms with Crippen molar-refractivity contribution < 1.29 is 13.2 Å². The highest BCUT2D eigenvalue weighted by Crippen LogP contribution is 2.32. The second-order valence-corrected chi connectivity index (χ2v) is 11.7. The van der Waals surface area contributed by atoms with Gasteiger partial charge in [-0.1, -0.05) is 30.2 Å². The zero-order valence-corrected chi connectivity index (χ0v) is 19.9. The first-order chi connectivity index (χ1) is 15.9. The van der Waals surface area contributed by atoms with Crippen molar-refractivity contribution in [2.24, 2.45) is 0 Å². The molecule has 0 spiro atoms. The molecule has 0 saturated carbocycles. The van der Waals surface area contributed by atoms with E-state index in [4.69, 9.17) is 11.6 Å². The third kappa shape index (κ3) is 4.41. The number of nitrogens with one attached hydrogen (secondary N) is 2. The van der Waals surface area contributed by atoms with E-state index in [1.165, 1.54) is 10.4 Å². The minimum atomic E-state index is -3.79. The van der Waals surface area contributed by atoms with Gasteiger partial charge in [-0.3, -0.25) is 4.79 Å². The van der Waals surface area contributed by atoms with Crippen LogP contribution in [0, 0.1) is 0 Å². The average molecular weight is 501 g/mol. The number of benzene rings is 2. The smallest absolute Gasteiger partial charge is 0.253 e. The Bertz CT molecular complexity index is 1380. The molecule has 10 heteroatoms. The standard InChI is InChI=1S/C23H21ClN4O3S2/c24-20-12-13-21(32-20)33(30,31)28-14-4-3-7-19(28)23(29)25-16-10-8-15(9-11-16)22-26-17-5-1-2-6-18(17)27-22/h1-2,5-6,8-13,19H,3-4,7,14H2,(H,25,29)(H,26,27)/t19-/m0/s1. The van der Waals surface area contributed by atoms with Crippen molar-refractivity contribution in [1.82, 2.24) is 14.3 Å². The Morgan fingerprint density at radius 2 is 1.88 bits per heavy atom. The Balaban J connectivity index is 1.33. The summed E-state index contributed by atoms with van der Waals surface area (Å²) in [5.74, 6) is 0.408. The van der Waals surface area contributed by atoms with Gasteiger partial charge in [0, 0.05) is 17.8 Å². The number of rotatable bonds is 5. The Morgan fingerprint density at radius 3 is 2.61 bits per heavy atom. The summed E-state index contributed by atoms with van der Waals surface area (Å²) in [6.45, 7) is 0.306. The second kappa shape index (κ2) is 8.90. The monoisotopic (exact) mass is 500 g/mol. The predicted octanol–water partition coefficient (Wildman–Crippen LogP) is 5.13. The molecule has 2 N–H and O–H groups in total. The first kappa shape index (κ1) is 22.1. The van der Waals surface area contributed by atoms with Gasteiger partial charge in [0.1, 0.15) is 16.1 Å². The number of thiophene rings is 1. The van der Waals surface area contributed by atoms with E-state index in [-0.39, 0.29) is 10.1 Å². The SMILES string of the molecule is O=C(Nc1ccc(-c2nc3ccccc3[nH]2)cc1)[C@@H]1CCCCN1S(=O)(=O)c1ccc(Cl)s1. The molecular formula is C23H21ClN4O3S2. The number of para-hydroxylation sites is 2. The molecule has 1 atom stereocenters. The number of anilines is 1. The Kier molecular flexibility index (Phi) is 5.96. The lowest BCUT2D eigenvalue weighted by Gasteiger charge is -2.33. The normalized spacial score (nSPS) is 17.3. The molecule has 0 bridgehead atoms. The van der Waals surface area contributed by atoms with Crippen molar-refractivity contribution >= 4 is 55.6 Å². The second-order valence-electron chi connectivity index (χ2n) is 7.86. The van der Waals surface area contributed by atoms with E-state index in [0.717, 1.165) is 40.2 Å². The van der Waals surface area contributed by atoms with Gasteiger partial charge in [-0.2, -0.15) is 4.31 Å². The van der Waals surface area contributed by atoms with Gasteiger partial charge in [0.15, 0.2) is 0 Å². The zero-order chi connectivity index (χ0) is 23.0. The van der Waals surface area contributed by atoms with Crippen molar-refractivity contribution in [2.75, 3.05) is 11.9 Å². The summed E-state index contributed by atoms with van der Waals surface area (Å²) in [4.78, 5) is 20.9. The lowest BCUT2D eigenvalue weighted by Crippen LogP contribution is -2.49. The van der Waals surface area contributed by atoms with E-state index < -0.39 is 16.1 Å². The summed E-state index contributed by atoms with van der Waals surface area (Å²) >= 11 is 6.94. The van der Waals surface area contributed by atoms with E-state index in [0.29, 0.717) is 29.4 Å². The van der Waals surface area contributed by atoms with Gasteiger partial charge < -0.3 is 10.3 Å². The molecule has 33 heavy (non-hydrogen) atoms. The van der Waals surface area contributed by atoms with Crippen LogP contribution >= 0.6 is 22.9 Å². The molecule has 1 saturated heterocycles. The lowest BCUT2D eigenvalue weighted by molar-refractivity contribution is -0.120. The van der Waals surface area contributed by atoms with Gasteiger partial charge in [-0.15, -0.1) is 11.3 Å². The molecular weight excluding hydrogens is 480 g/mol. The summed E-state index contributed by atoms with van der Waals surface area (Å²) < 4.78 is 28.1. The van der Waals surface area contributed by atoms with Crippen molar-refractivity contribution in [3.8, 4) is 11.4 Å². The number of hydrogen-bond acceptors (Lipinski definition) is 5. The number of carbonyl (C=O) groups is 1. The Morgan fingerprint density at radius 1 is 1.09 bits per heavy atom. The number of sulfonamides is 1. The van der Waals surface area contributed by atoms with Crippen LogP contribution in [0.1, 0.15) is 19.3 Å². The maximum absolute atomic E-state index is 13.1. The zero-order valence-electron chi connectivity index (χ0n) is 17.5. The molecule has 2 aromatic carbocycles. The number of amides is 1. The van der Waals surface area contributed by atoms with E-state index in [2.05, 4.69) is 15.3 Å². The van der Waals surface area contributed by atoms with Crippen LogP contribution in [0.25, 0.3) is 22.4 Å². The maximum Gasteiger partial charge on any atom is 0.253 e. The minimum Gasteiger partial charge on any atom is -0.338 e. The molecule has 170 valence electrons. The van der Waals surface area contributed by atoms with E-state index >= 15 is 0 Å². The number of hydrogen-bond donors (Lipinski definition) is 2. The number of nitrogens with zero attached hydrogens (tertiary/aromatic N) is 2. The van der Waals surface area contributed by atoms with Crippen LogP contribution in [0.5, 0.6) is 0 Å². The molecule has 1 amide bonds. The molecule has 1 aliphatic rings. The fourth-order valence-corrected chi connectivity index (χ4v) is 7.30. The molecule has 4 aromatic rings. The summed E-state index contributed by atoms with van der Waals surface area (Å²) in [7, 11) is -3.79. The van der Waals surface area contributed by atoms with Crippen LogP contribution in [0.3, 0.4) is 0 Å². The van der Waals surface area contributed by atoms with Gasteiger partial charge >= 0.3 is 0 Å². The fraction of sp³-hybridized carbons (Fsp3) is 0.217. The quantitative estimate of drug-likeness (QED) is 0.397. The first-order valence-electron chi connectivity index (χ1n) is 10.5. The maximum atomic E-state index is 13.1. The fourth-order valence-electron chi connectivity index (χ4n) is 4.03. The van der Waals surface area contributed by atoms with Crippen LogP contribution < -0.4 is 5.32 Å². The topological polar surface area (TPSA) is 95.2 Å². The number of H-pyrrole nitrogens is 1. The minimum absolute atomic E-state index is 0.155. The first-order valence-corrected chi connectivity index (χ1v) is 13.2. The summed E-state index contributed by atoms with van der Waals surface area (Å²) in [5, 5.41) is 2.88. The van der Waals surface area contributed by atoms with Crippen molar-refractivity contribution in [3.05, 3.63) is 65.0 Å². The van der Waals surface area contributed by atoms with E-state index in [1.54, 1.807) is 18.2 Å². The van der Waals surface area contributed by atoms with Crippen molar-refractivity contribution in [2.45, 2.75) is 29.5 Å². The highest BCUT2D eigenvalue weighted by Gasteiger charge is 2.38. The number of fused-ring (bicyclic) bond motifs is 1. The van der Waals surface area contributed by atoms with Gasteiger partial charge in [0.2, 0.25) is 5.91 Å². The third-order valence-electron chi connectivity index (χ3n) is 5.68. The molecule has 5 rings (SSSR count). The van der Waals surface area contributed by atoms with Crippen LogP contribution in [0.2, 0.25) is 4.34 Å². The summed E-state index contributed by atoms with van der Waals surface area (Å²) in [5.41, 5.74) is 3.33. The van der Waals surface area contributed by atoms with Crippen LogP contribution in [-0.4, -0.2) is 41.2 Å². The Hall–Kier alpha value is -2.72. The number of piperidine rings is 1. The number of imidazole rings is 1. The largest absolute Gasteiger partial charge is 0.338 e. The van der Waals surface area contributed by atoms with E-state index in [9.17, 15) is 13.2 Å². The molecule has 1 aliphatic heterocycles. The average Bonchev–Trinajstić information content (AvgIpc) is 3.46. The number of aromatic nitrogens is 2.